The molecular formula is C18H21FN2O3. The lowest BCUT2D eigenvalue weighted by atomic mass is 9.81. The molecule has 5 nitrogen and oxygen atoms in total. The van der Waals surface area contributed by atoms with Gasteiger partial charge in [-0.3, -0.25) is 19.3 Å². The number of hydrogen-bond donors (Lipinski definition) is 1. The normalized spacial score (nSPS) is 23.3. The van der Waals surface area contributed by atoms with Gasteiger partial charge in [-0.05, 0) is 30.5 Å². The zero-order valence-corrected chi connectivity index (χ0v) is 13.5. The second-order valence-electron chi connectivity index (χ2n) is 6.48. The van der Waals surface area contributed by atoms with Gasteiger partial charge in [-0.25, -0.2) is 4.39 Å². The van der Waals surface area contributed by atoms with Gasteiger partial charge in [0.05, 0.1) is 11.8 Å². The molecule has 0 bridgehead atoms. The highest BCUT2D eigenvalue weighted by atomic mass is 19.1. The summed E-state index contributed by atoms with van der Waals surface area (Å²) in [6.07, 6.45) is 3.64. The number of carbonyl (C=O) groups is 3. The van der Waals surface area contributed by atoms with Crippen molar-refractivity contribution in [2.75, 3.05) is 6.54 Å². The van der Waals surface area contributed by atoms with Gasteiger partial charge >= 0.3 is 0 Å². The summed E-state index contributed by atoms with van der Waals surface area (Å²) in [6.45, 7) is 0.437. The van der Waals surface area contributed by atoms with E-state index >= 15 is 0 Å². The molecule has 2 aliphatic rings. The molecule has 128 valence electrons. The van der Waals surface area contributed by atoms with E-state index in [1.807, 2.05) is 0 Å². The monoisotopic (exact) mass is 332 g/mol. The topological polar surface area (TPSA) is 66.5 Å². The fourth-order valence-corrected chi connectivity index (χ4v) is 3.56. The van der Waals surface area contributed by atoms with E-state index in [0.717, 1.165) is 31.2 Å². The van der Waals surface area contributed by atoms with Crippen molar-refractivity contribution < 1.29 is 18.8 Å². The minimum Gasteiger partial charge on any atom is -0.352 e. The summed E-state index contributed by atoms with van der Waals surface area (Å²) < 4.78 is 12.8. The first kappa shape index (κ1) is 16.6. The Kier molecular flexibility index (Phi) is 4.92. The predicted octanol–water partition coefficient (Wildman–Crippen LogP) is 2.01. The molecule has 1 aliphatic carbocycles. The molecule has 3 rings (SSSR count). The van der Waals surface area contributed by atoms with Gasteiger partial charge in [-0.1, -0.05) is 25.0 Å². The number of benzene rings is 1. The minimum absolute atomic E-state index is 0.0954. The van der Waals surface area contributed by atoms with E-state index in [-0.39, 0.29) is 48.3 Å². The second-order valence-corrected chi connectivity index (χ2v) is 6.48. The van der Waals surface area contributed by atoms with Gasteiger partial charge in [0, 0.05) is 19.5 Å². The Labute approximate surface area is 140 Å². The largest absolute Gasteiger partial charge is 0.352 e. The van der Waals surface area contributed by atoms with Crippen molar-refractivity contribution in [3.8, 4) is 0 Å². The van der Waals surface area contributed by atoms with Gasteiger partial charge in [-0.2, -0.15) is 0 Å². The number of rotatable bonds is 5. The molecule has 24 heavy (non-hydrogen) atoms. The highest BCUT2D eigenvalue weighted by molar-refractivity contribution is 6.05. The van der Waals surface area contributed by atoms with Crippen LogP contribution in [-0.2, 0) is 20.9 Å². The van der Waals surface area contributed by atoms with Crippen LogP contribution in [0.2, 0.25) is 0 Å². The third kappa shape index (κ3) is 3.47. The van der Waals surface area contributed by atoms with Crippen molar-refractivity contribution in [3.63, 3.8) is 0 Å². The van der Waals surface area contributed by atoms with Crippen LogP contribution in [0, 0.1) is 17.7 Å². The van der Waals surface area contributed by atoms with E-state index < -0.39 is 0 Å². The van der Waals surface area contributed by atoms with Gasteiger partial charge in [0.15, 0.2) is 0 Å². The van der Waals surface area contributed by atoms with Crippen LogP contribution in [0.15, 0.2) is 24.3 Å². The highest BCUT2D eigenvalue weighted by Crippen LogP contribution is 2.37. The van der Waals surface area contributed by atoms with Crippen LogP contribution in [0.5, 0.6) is 0 Å². The Bertz CT molecular complexity index is 620. The first-order valence-corrected chi connectivity index (χ1v) is 8.42. The Hall–Kier alpha value is -2.24. The van der Waals surface area contributed by atoms with Gasteiger partial charge in [-0.15, -0.1) is 0 Å². The lowest BCUT2D eigenvalue weighted by molar-refractivity contribution is -0.140. The molecule has 3 amide bonds. The van der Waals surface area contributed by atoms with Crippen LogP contribution in [0.3, 0.4) is 0 Å². The molecule has 1 saturated heterocycles. The van der Waals surface area contributed by atoms with Crippen molar-refractivity contribution in [1.82, 2.24) is 10.2 Å². The SMILES string of the molecule is O=C(CCN1C(=O)C2CCCCC2C1=O)NCc1ccc(F)cc1. The van der Waals surface area contributed by atoms with E-state index in [9.17, 15) is 18.8 Å². The molecule has 1 aliphatic heterocycles. The summed E-state index contributed by atoms with van der Waals surface area (Å²) in [5.41, 5.74) is 0.795. The predicted molar refractivity (Wildman–Crippen MR) is 85.0 cm³/mol. The van der Waals surface area contributed by atoms with Crippen molar-refractivity contribution in [2.24, 2.45) is 11.8 Å². The molecule has 0 radical (unpaired) electrons. The Morgan fingerprint density at radius 1 is 1.08 bits per heavy atom. The molecule has 0 spiro atoms. The maximum atomic E-state index is 12.8. The van der Waals surface area contributed by atoms with E-state index in [1.165, 1.54) is 17.0 Å². The van der Waals surface area contributed by atoms with E-state index in [2.05, 4.69) is 5.32 Å². The van der Waals surface area contributed by atoms with E-state index in [0.29, 0.717) is 6.54 Å². The van der Waals surface area contributed by atoms with Crippen molar-refractivity contribution in [1.29, 1.82) is 0 Å². The molecular weight excluding hydrogens is 311 g/mol. The molecule has 2 atom stereocenters. The lowest BCUT2D eigenvalue weighted by Crippen LogP contribution is -2.35. The zero-order valence-electron chi connectivity index (χ0n) is 13.5. The van der Waals surface area contributed by atoms with Crippen LogP contribution in [0.4, 0.5) is 4.39 Å². The summed E-state index contributed by atoms with van der Waals surface area (Å²) in [4.78, 5) is 37.8. The molecule has 1 saturated carbocycles. The lowest BCUT2D eigenvalue weighted by Gasteiger charge is -2.19. The number of fused-ring (bicyclic) bond motifs is 1. The summed E-state index contributed by atoms with van der Waals surface area (Å²) >= 11 is 0. The highest BCUT2D eigenvalue weighted by Gasteiger charge is 2.47. The van der Waals surface area contributed by atoms with Gasteiger partial charge in [0.2, 0.25) is 17.7 Å². The molecule has 6 heteroatoms. The van der Waals surface area contributed by atoms with E-state index in [4.69, 9.17) is 0 Å². The Balaban J connectivity index is 1.48. The van der Waals surface area contributed by atoms with Gasteiger partial charge in [0.25, 0.3) is 0 Å². The Morgan fingerprint density at radius 3 is 2.25 bits per heavy atom. The fourth-order valence-electron chi connectivity index (χ4n) is 3.56. The summed E-state index contributed by atoms with van der Waals surface area (Å²) in [7, 11) is 0. The maximum absolute atomic E-state index is 12.8. The number of carbonyl (C=O) groups excluding carboxylic acids is 3. The van der Waals surface area contributed by atoms with E-state index in [1.54, 1.807) is 12.1 Å². The van der Waals surface area contributed by atoms with Crippen LogP contribution in [0.1, 0.15) is 37.7 Å². The first-order valence-electron chi connectivity index (χ1n) is 8.42. The fraction of sp³-hybridized carbons (Fsp3) is 0.500. The van der Waals surface area contributed by atoms with Gasteiger partial charge in [0.1, 0.15) is 5.82 Å². The van der Waals surface area contributed by atoms with Gasteiger partial charge < -0.3 is 5.32 Å². The summed E-state index contributed by atoms with van der Waals surface area (Å²) in [6, 6.07) is 5.89. The number of hydrogen-bond acceptors (Lipinski definition) is 3. The number of likely N-dealkylation sites (tertiary alicyclic amines) is 1. The average molecular weight is 332 g/mol. The minimum atomic E-state index is -0.322. The van der Waals surface area contributed by atoms with Crippen molar-refractivity contribution in [3.05, 3.63) is 35.6 Å². The molecule has 2 fully saturated rings. The molecule has 1 aromatic rings. The number of nitrogens with one attached hydrogen (secondary N) is 1. The number of amides is 3. The van der Waals surface area contributed by atoms with Crippen LogP contribution in [-0.4, -0.2) is 29.2 Å². The maximum Gasteiger partial charge on any atom is 0.233 e. The number of halogens is 1. The Morgan fingerprint density at radius 2 is 1.67 bits per heavy atom. The molecule has 2 unspecified atom stereocenters. The number of imide groups is 1. The van der Waals surface area contributed by atoms with Crippen LogP contribution in [0.25, 0.3) is 0 Å². The number of nitrogens with zero attached hydrogens (tertiary/aromatic N) is 1. The van der Waals surface area contributed by atoms with Crippen LogP contribution >= 0.6 is 0 Å². The van der Waals surface area contributed by atoms with Crippen LogP contribution < -0.4 is 5.32 Å². The molecule has 1 N–H and O–H groups in total. The van der Waals surface area contributed by atoms with Crippen molar-refractivity contribution >= 4 is 17.7 Å². The molecule has 1 aromatic carbocycles. The second kappa shape index (κ2) is 7.11. The third-order valence-electron chi connectivity index (χ3n) is 4.90. The molecule has 1 heterocycles. The van der Waals surface area contributed by atoms with Crippen molar-refractivity contribution in [2.45, 2.75) is 38.6 Å². The standard InChI is InChI=1S/C18H21FN2O3/c19-13-7-5-12(6-8-13)11-20-16(22)9-10-21-17(23)14-3-1-2-4-15(14)18(21)24/h5-8,14-15H,1-4,9-11H2,(H,20,22). The zero-order chi connectivity index (χ0) is 17.1. The summed E-state index contributed by atoms with van der Waals surface area (Å²) in [5, 5.41) is 2.72. The summed E-state index contributed by atoms with van der Waals surface area (Å²) in [5.74, 6) is -1.12. The quantitative estimate of drug-likeness (QED) is 0.839. The first-order chi connectivity index (χ1) is 11.6. The smallest absolute Gasteiger partial charge is 0.233 e. The third-order valence-corrected chi connectivity index (χ3v) is 4.90. The molecule has 0 aromatic heterocycles. The average Bonchev–Trinajstić information content (AvgIpc) is 2.84.